The van der Waals surface area contributed by atoms with Crippen LogP contribution in [0.15, 0.2) is 24.3 Å². The number of ether oxygens (including phenoxy) is 1. The molecule has 1 saturated carbocycles. The lowest BCUT2D eigenvalue weighted by atomic mass is 10.2. The minimum atomic E-state index is -4.76. The second kappa shape index (κ2) is 5.75. The molecule has 124 valence electrons. The summed E-state index contributed by atoms with van der Waals surface area (Å²) in [7, 11) is 0. The van der Waals surface area contributed by atoms with E-state index in [1.165, 1.54) is 12.1 Å². The molecule has 2 aliphatic rings. The van der Waals surface area contributed by atoms with Crippen LogP contribution >= 0.6 is 0 Å². The van der Waals surface area contributed by atoms with Crippen molar-refractivity contribution in [3.8, 4) is 5.75 Å². The van der Waals surface area contributed by atoms with Gasteiger partial charge in [-0.15, -0.1) is 13.2 Å². The van der Waals surface area contributed by atoms with Crippen molar-refractivity contribution in [2.24, 2.45) is 0 Å². The lowest BCUT2D eigenvalue weighted by Gasteiger charge is -2.16. The van der Waals surface area contributed by atoms with E-state index in [4.69, 9.17) is 0 Å². The lowest BCUT2D eigenvalue weighted by Crippen LogP contribution is -2.37. The fourth-order valence-electron chi connectivity index (χ4n) is 2.64. The van der Waals surface area contributed by atoms with E-state index in [1.54, 1.807) is 4.90 Å². The number of hydrogen-bond acceptors (Lipinski definition) is 3. The smallest absolute Gasteiger partial charge is 0.406 e. The van der Waals surface area contributed by atoms with Crippen molar-refractivity contribution < 1.29 is 27.5 Å². The van der Waals surface area contributed by atoms with Crippen LogP contribution in [0, 0.1) is 0 Å². The lowest BCUT2D eigenvalue weighted by molar-refractivity contribution is -0.274. The number of carbonyl (C=O) groups is 2. The highest BCUT2D eigenvalue weighted by molar-refractivity contribution is 5.95. The van der Waals surface area contributed by atoms with Crippen LogP contribution in [0.25, 0.3) is 0 Å². The third kappa shape index (κ3) is 3.94. The monoisotopic (exact) mass is 328 g/mol. The summed E-state index contributed by atoms with van der Waals surface area (Å²) in [4.78, 5) is 25.7. The van der Waals surface area contributed by atoms with Crippen LogP contribution in [0.2, 0.25) is 0 Å². The first-order valence-electron chi connectivity index (χ1n) is 7.28. The maximum Gasteiger partial charge on any atom is 0.573 e. The summed E-state index contributed by atoms with van der Waals surface area (Å²) < 4.78 is 40.0. The molecular formula is C15H15F3N2O3. The first kappa shape index (κ1) is 15.6. The number of likely N-dealkylation sites (tertiary alicyclic amines) is 1. The Morgan fingerprint density at radius 2 is 1.87 bits per heavy atom. The number of benzene rings is 1. The fourth-order valence-corrected chi connectivity index (χ4v) is 2.64. The van der Waals surface area contributed by atoms with Crippen LogP contribution in [0.1, 0.15) is 29.6 Å². The van der Waals surface area contributed by atoms with Crippen molar-refractivity contribution in [1.29, 1.82) is 0 Å². The number of nitrogens with zero attached hydrogens (tertiary/aromatic N) is 1. The Bertz CT molecular complexity index is 611. The van der Waals surface area contributed by atoms with Gasteiger partial charge in [0.25, 0.3) is 5.91 Å². The Kier molecular flexibility index (Phi) is 3.91. The van der Waals surface area contributed by atoms with Crippen LogP contribution < -0.4 is 10.1 Å². The molecule has 1 heterocycles. The summed E-state index contributed by atoms with van der Waals surface area (Å²) in [5, 5.41) is 2.74. The number of nitrogens with one attached hydrogen (secondary N) is 1. The third-order valence-corrected chi connectivity index (χ3v) is 3.83. The zero-order chi connectivity index (χ0) is 16.6. The molecule has 0 radical (unpaired) electrons. The summed E-state index contributed by atoms with van der Waals surface area (Å²) in [5.74, 6) is -0.768. The Hall–Kier alpha value is -2.25. The van der Waals surface area contributed by atoms with Crippen molar-refractivity contribution >= 4 is 11.8 Å². The predicted octanol–water partition coefficient (Wildman–Crippen LogP) is 2.08. The van der Waals surface area contributed by atoms with Crippen LogP contribution in [0.3, 0.4) is 0 Å². The maximum atomic E-state index is 12.1. The van der Waals surface area contributed by atoms with E-state index in [1.807, 2.05) is 0 Å². The second-order valence-corrected chi connectivity index (χ2v) is 5.72. The van der Waals surface area contributed by atoms with Crippen LogP contribution in [-0.4, -0.2) is 41.7 Å². The highest BCUT2D eigenvalue weighted by Crippen LogP contribution is 2.30. The molecule has 8 heteroatoms. The van der Waals surface area contributed by atoms with Crippen molar-refractivity contribution in [3.63, 3.8) is 0 Å². The molecule has 0 aromatic heterocycles. The zero-order valence-corrected chi connectivity index (χ0v) is 12.1. The number of hydrogen-bond donors (Lipinski definition) is 1. The fraction of sp³-hybridized carbons (Fsp3) is 0.467. The standard InChI is InChI=1S/C15H15F3N2O3/c16-15(17,18)23-12-5-1-9(2-6-12)14(22)19-10-7-13(21)20(8-10)11-3-4-11/h1-2,5-6,10-11H,3-4,7-8H2,(H,19,22)/t10-/m0/s1. The predicted molar refractivity (Wildman–Crippen MR) is 73.7 cm³/mol. The molecule has 2 fully saturated rings. The van der Waals surface area contributed by atoms with Gasteiger partial charge in [-0.1, -0.05) is 0 Å². The summed E-state index contributed by atoms with van der Waals surface area (Å²) in [6, 6.07) is 4.72. The van der Waals surface area contributed by atoms with E-state index in [0.29, 0.717) is 12.6 Å². The molecule has 1 aliphatic heterocycles. The molecule has 3 rings (SSSR count). The molecule has 1 aromatic carbocycles. The quantitative estimate of drug-likeness (QED) is 0.921. The molecular weight excluding hydrogens is 313 g/mol. The highest BCUT2D eigenvalue weighted by Gasteiger charge is 2.39. The molecule has 1 aliphatic carbocycles. The summed E-state index contributed by atoms with van der Waals surface area (Å²) in [6.45, 7) is 0.491. The van der Waals surface area contributed by atoms with Crippen molar-refractivity contribution in [2.75, 3.05) is 6.54 Å². The normalized spacial score (nSPS) is 21.4. The van der Waals surface area contributed by atoms with Gasteiger partial charge in [0.2, 0.25) is 5.91 Å². The molecule has 0 spiro atoms. The van der Waals surface area contributed by atoms with Crippen molar-refractivity contribution in [3.05, 3.63) is 29.8 Å². The number of halogens is 3. The van der Waals surface area contributed by atoms with Gasteiger partial charge >= 0.3 is 6.36 Å². The van der Waals surface area contributed by atoms with Gasteiger partial charge in [-0.3, -0.25) is 9.59 Å². The van der Waals surface area contributed by atoms with Gasteiger partial charge in [-0.25, -0.2) is 0 Å². The number of rotatable bonds is 4. The molecule has 1 aromatic rings. The molecule has 0 bridgehead atoms. The molecule has 5 nitrogen and oxygen atoms in total. The molecule has 2 amide bonds. The minimum absolute atomic E-state index is 0.0340. The Morgan fingerprint density at radius 1 is 1.22 bits per heavy atom. The topological polar surface area (TPSA) is 58.6 Å². The van der Waals surface area contributed by atoms with E-state index in [9.17, 15) is 22.8 Å². The van der Waals surface area contributed by atoms with Crippen LogP contribution in [0.4, 0.5) is 13.2 Å². The Labute approximate surface area is 130 Å². The number of alkyl halides is 3. The average Bonchev–Trinajstić information content (AvgIpc) is 3.22. The van der Waals surface area contributed by atoms with Gasteiger partial charge in [0.1, 0.15) is 5.75 Å². The van der Waals surface area contributed by atoms with Gasteiger partial charge in [0.05, 0.1) is 6.04 Å². The van der Waals surface area contributed by atoms with E-state index in [-0.39, 0.29) is 29.7 Å². The van der Waals surface area contributed by atoms with E-state index < -0.39 is 12.3 Å². The van der Waals surface area contributed by atoms with Gasteiger partial charge in [-0.2, -0.15) is 0 Å². The third-order valence-electron chi connectivity index (χ3n) is 3.83. The SMILES string of the molecule is O=C(N[C@H]1CC(=O)N(C2CC2)C1)c1ccc(OC(F)(F)F)cc1. The van der Waals surface area contributed by atoms with Gasteiger partial charge in [-0.05, 0) is 37.1 Å². The second-order valence-electron chi connectivity index (χ2n) is 5.72. The maximum absolute atomic E-state index is 12.1. The number of carbonyl (C=O) groups excluding carboxylic acids is 2. The highest BCUT2D eigenvalue weighted by atomic mass is 19.4. The Balaban J connectivity index is 1.57. The zero-order valence-electron chi connectivity index (χ0n) is 12.1. The first-order valence-corrected chi connectivity index (χ1v) is 7.28. The van der Waals surface area contributed by atoms with E-state index in [0.717, 1.165) is 25.0 Å². The van der Waals surface area contributed by atoms with Gasteiger partial charge in [0, 0.05) is 24.6 Å². The molecule has 1 atom stereocenters. The molecule has 1 N–H and O–H groups in total. The minimum Gasteiger partial charge on any atom is -0.406 e. The van der Waals surface area contributed by atoms with Gasteiger partial charge in [0.15, 0.2) is 0 Å². The summed E-state index contributed by atoms with van der Waals surface area (Å²) >= 11 is 0. The number of amides is 2. The van der Waals surface area contributed by atoms with Crippen molar-refractivity contribution in [1.82, 2.24) is 10.2 Å². The summed E-state index contributed by atoms with van der Waals surface area (Å²) in [6.07, 6.45) is -2.49. The first-order chi connectivity index (χ1) is 10.8. The van der Waals surface area contributed by atoms with E-state index >= 15 is 0 Å². The Morgan fingerprint density at radius 3 is 2.43 bits per heavy atom. The molecule has 1 saturated heterocycles. The average molecular weight is 328 g/mol. The van der Waals surface area contributed by atoms with E-state index in [2.05, 4.69) is 10.1 Å². The molecule has 0 unspecified atom stereocenters. The molecule has 23 heavy (non-hydrogen) atoms. The van der Waals surface area contributed by atoms with Crippen LogP contribution in [-0.2, 0) is 4.79 Å². The van der Waals surface area contributed by atoms with Gasteiger partial charge < -0.3 is 15.0 Å². The largest absolute Gasteiger partial charge is 0.573 e. The van der Waals surface area contributed by atoms with Crippen molar-refractivity contribution in [2.45, 2.75) is 37.7 Å². The van der Waals surface area contributed by atoms with Crippen LogP contribution in [0.5, 0.6) is 5.75 Å². The summed E-state index contributed by atoms with van der Waals surface area (Å²) in [5.41, 5.74) is 0.219.